The van der Waals surface area contributed by atoms with Crippen LogP contribution in [0.2, 0.25) is 0 Å². The number of amides is 1. The number of likely N-dealkylation sites (tertiary alicyclic amines) is 1. The molecule has 0 unspecified atom stereocenters. The van der Waals surface area contributed by atoms with E-state index in [0.29, 0.717) is 25.0 Å². The van der Waals surface area contributed by atoms with Gasteiger partial charge in [-0.15, -0.1) is 0 Å². The third-order valence-electron chi connectivity index (χ3n) is 4.35. The highest BCUT2D eigenvalue weighted by molar-refractivity contribution is 5.77. The molecule has 1 aromatic rings. The van der Waals surface area contributed by atoms with E-state index in [-0.39, 0.29) is 11.9 Å². The summed E-state index contributed by atoms with van der Waals surface area (Å²) in [5, 5.41) is 0. The lowest BCUT2D eigenvalue weighted by Crippen LogP contribution is -2.39. The predicted molar refractivity (Wildman–Crippen MR) is 80.7 cm³/mol. The van der Waals surface area contributed by atoms with E-state index in [2.05, 4.69) is 43.0 Å². The summed E-state index contributed by atoms with van der Waals surface area (Å²) in [5.74, 6) is 0.720. The Hall–Kier alpha value is -1.35. The number of carbonyl (C=O) groups is 1. The van der Waals surface area contributed by atoms with E-state index in [9.17, 15) is 4.79 Å². The van der Waals surface area contributed by atoms with Gasteiger partial charge >= 0.3 is 0 Å². The van der Waals surface area contributed by atoms with Gasteiger partial charge in [-0.25, -0.2) is 0 Å². The molecule has 1 amide bonds. The van der Waals surface area contributed by atoms with Crippen LogP contribution in [0.3, 0.4) is 0 Å². The number of rotatable bonds is 5. The molecule has 0 bridgehead atoms. The minimum atomic E-state index is 0.264. The van der Waals surface area contributed by atoms with Gasteiger partial charge in [-0.05, 0) is 32.3 Å². The molecule has 110 valence electrons. The van der Waals surface area contributed by atoms with E-state index in [0.717, 1.165) is 12.8 Å². The van der Waals surface area contributed by atoms with Crippen molar-refractivity contribution in [1.29, 1.82) is 0 Å². The highest BCUT2D eigenvalue weighted by Crippen LogP contribution is 2.37. The van der Waals surface area contributed by atoms with Crippen molar-refractivity contribution >= 4 is 5.91 Å². The molecule has 1 aliphatic rings. The third kappa shape index (κ3) is 3.21. The zero-order valence-corrected chi connectivity index (χ0v) is 12.7. The number of methoxy groups -OCH3 is 1. The predicted octanol–water partition coefficient (Wildman–Crippen LogP) is 3.21. The summed E-state index contributed by atoms with van der Waals surface area (Å²) >= 11 is 0. The fourth-order valence-electron chi connectivity index (χ4n) is 3.36. The molecule has 3 nitrogen and oxygen atoms in total. The van der Waals surface area contributed by atoms with Crippen LogP contribution in [0, 0.1) is 0 Å². The standard InChI is InChI=1S/C17H25NO2/c1-13-12-16(15-8-5-4-6-9-15)14(2)18(13)17(19)10-7-11-20-3/h4-6,8-9,13-14,16H,7,10-12H2,1-3H3/t13-,14+,16-/m1/s1. The summed E-state index contributed by atoms with van der Waals surface area (Å²) < 4.78 is 5.03. The van der Waals surface area contributed by atoms with Crippen molar-refractivity contribution in [2.24, 2.45) is 0 Å². The van der Waals surface area contributed by atoms with Crippen LogP contribution in [0.15, 0.2) is 30.3 Å². The fourth-order valence-corrected chi connectivity index (χ4v) is 3.36. The average molecular weight is 275 g/mol. The molecule has 1 aromatic carbocycles. The second-order valence-electron chi connectivity index (χ2n) is 5.74. The summed E-state index contributed by atoms with van der Waals surface area (Å²) in [4.78, 5) is 14.5. The van der Waals surface area contributed by atoms with E-state index in [1.54, 1.807) is 7.11 Å². The molecule has 0 spiro atoms. The largest absolute Gasteiger partial charge is 0.385 e. The Morgan fingerprint density at radius 1 is 1.30 bits per heavy atom. The first-order valence-corrected chi connectivity index (χ1v) is 7.50. The van der Waals surface area contributed by atoms with E-state index >= 15 is 0 Å². The molecule has 1 fully saturated rings. The van der Waals surface area contributed by atoms with Crippen molar-refractivity contribution < 1.29 is 9.53 Å². The molecule has 0 aliphatic carbocycles. The van der Waals surface area contributed by atoms with Crippen LogP contribution < -0.4 is 0 Å². The molecular weight excluding hydrogens is 250 g/mol. The molecule has 3 atom stereocenters. The van der Waals surface area contributed by atoms with Crippen molar-refractivity contribution in [1.82, 2.24) is 4.90 Å². The van der Waals surface area contributed by atoms with Crippen LogP contribution in [0.5, 0.6) is 0 Å². The first-order chi connectivity index (χ1) is 9.65. The van der Waals surface area contributed by atoms with Crippen molar-refractivity contribution in [2.45, 2.75) is 51.1 Å². The maximum atomic E-state index is 12.4. The molecular formula is C17H25NO2. The fraction of sp³-hybridized carbons (Fsp3) is 0.588. The van der Waals surface area contributed by atoms with Gasteiger partial charge in [0.25, 0.3) is 0 Å². The number of hydrogen-bond donors (Lipinski definition) is 0. The molecule has 0 radical (unpaired) electrons. The van der Waals surface area contributed by atoms with E-state index in [1.807, 2.05) is 6.07 Å². The summed E-state index contributed by atoms with van der Waals surface area (Å²) in [6.45, 7) is 4.99. The Bertz CT molecular complexity index is 432. The third-order valence-corrected chi connectivity index (χ3v) is 4.35. The van der Waals surface area contributed by atoms with Crippen LogP contribution in [0.1, 0.15) is 44.6 Å². The maximum absolute atomic E-state index is 12.4. The maximum Gasteiger partial charge on any atom is 0.223 e. The van der Waals surface area contributed by atoms with Gasteiger partial charge in [-0.2, -0.15) is 0 Å². The van der Waals surface area contributed by atoms with Crippen molar-refractivity contribution in [2.75, 3.05) is 13.7 Å². The first-order valence-electron chi connectivity index (χ1n) is 7.50. The van der Waals surface area contributed by atoms with E-state index < -0.39 is 0 Å². The van der Waals surface area contributed by atoms with Gasteiger partial charge in [0, 0.05) is 38.1 Å². The minimum Gasteiger partial charge on any atom is -0.385 e. The van der Waals surface area contributed by atoms with Crippen LogP contribution in [-0.4, -0.2) is 36.6 Å². The Morgan fingerprint density at radius 3 is 2.65 bits per heavy atom. The summed E-state index contributed by atoms with van der Waals surface area (Å²) in [5.41, 5.74) is 1.35. The lowest BCUT2D eigenvalue weighted by atomic mass is 9.92. The van der Waals surface area contributed by atoms with Crippen molar-refractivity contribution in [3.8, 4) is 0 Å². The topological polar surface area (TPSA) is 29.5 Å². The normalized spacial score (nSPS) is 25.9. The first kappa shape index (κ1) is 15.0. The summed E-state index contributed by atoms with van der Waals surface area (Å²) in [6.07, 6.45) is 2.45. The average Bonchev–Trinajstić information content (AvgIpc) is 2.75. The zero-order chi connectivity index (χ0) is 14.5. The molecule has 1 saturated heterocycles. The van der Waals surface area contributed by atoms with Crippen LogP contribution in [0.4, 0.5) is 0 Å². The Morgan fingerprint density at radius 2 is 2.00 bits per heavy atom. The Balaban J connectivity index is 2.03. The van der Waals surface area contributed by atoms with Gasteiger partial charge in [0.2, 0.25) is 5.91 Å². The SMILES string of the molecule is COCCCC(=O)N1[C@H](C)C[C@@H](c2ccccc2)[C@@H]1C. The molecule has 2 rings (SSSR count). The monoisotopic (exact) mass is 275 g/mol. The van der Waals surface area contributed by atoms with Crippen molar-refractivity contribution in [3.63, 3.8) is 0 Å². The molecule has 0 aromatic heterocycles. The van der Waals surface area contributed by atoms with Crippen LogP contribution in [0.25, 0.3) is 0 Å². The molecule has 0 N–H and O–H groups in total. The van der Waals surface area contributed by atoms with Gasteiger partial charge < -0.3 is 9.64 Å². The highest BCUT2D eigenvalue weighted by atomic mass is 16.5. The van der Waals surface area contributed by atoms with Crippen LogP contribution >= 0.6 is 0 Å². The lowest BCUT2D eigenvalue weighted by Gasteiger charge is -2.28. The number of hydrogen-bond acceptors (Lipinski definition) is 2. The quantitative estimate of drug-likeness (QED) is 0.772. The second kappa shape index (κ2) is 6.89. The number of carbonyl (C=O) groups excluding carboxylic acids is 1. The lowest BCUT2D eigenvalue weighted by molar-refractivity contribution is -0.133. The van der Waals surface area contributed by atoms with Crippen LogP contribution in [-0.2, 0) is 9.53 Å². The van der Waals surface area contributed by atoms with E-state index in [1.165, 1.54) is 5.56 Å². The smallest absolute Gasteiger partial charge is 0.223 e. The Kier molecular flexibility index (Phi) is 5.18. The second-order valence-corrected chi connectivity index (χ2v) is 5.74. The van der Waals surface area contributed by atoms with Crippen molar-refractivity contribution in [3.05, 3.63) is 35.9 Å². The van der Waals surface area contributed by atoms with Gasteiger partial charge in [0.1, 0.15) is 0 Å². The zero-order valence-electron chi connectivity index (χ0n) is 12.7. The molecule has 1 aliphatic heterocycles. The van der Waals surface area contributed by atoms with Gasteiger partial charge in [0.15, 0.2) is 0 Å². The molecule has 1 heterocycles. The summed E-state index contributed by atoms with van der Waals surface area (Å²) in [7, 11) is 1.68. The number of nitrogens with zero attached hydrogens (tertiary/aromatic N) is 1. The molecule has 3 heteroatoms. The summed E-state index contributed by atoms with van der Waals surface area (Å²) in [6, 6.07) is 11.2. The minimum absolute atomic E-state index is 0.264. The van der Waals surface area contributed by atoms with Gasteiger partial charge in [-0.1, -0.05) is 30.3 Å². The highest BCUT2D eigenvalue weighted by Gasteiger charge is 2.39. The number of ether oxygens (including phenoxy) is 1. The Labute approximate surface area is 121 Å². The van der Waals surface area contributed by atoms with Gasteiger partial charge in [0.05, 0.1) is 0 Å². The van der Waals surface area contributed by atoms with E-state index in [4.69, 9.17) is 4.74 Å². The number of benzene rings is 1. The molecule has 0 saturated carbocycles. The molecule has 20 heavy (non-hydrogen) atoms. The van der Waals surface area contributed by atoms with Gasteiger partial charge in [-0.3, -0.25) is 4.79 Å².